The average Bonchev–Trinajstić information content (AvgIpc) is 2.97. The average molecular weight is 295 g/mol. The lowest BCUT2D eigenvalue weighted by molar-refractivity contribution is -0.139. The van der Waals surface area contributed by atoms with Gasteiger partial charge in [-0.15, -0.1) is 0 Å². The van der Waals surface area contributed by atoms with Gasteiger partial charge >= 0.3 is 0 Å². The van der Waals surface area contributed by atoms with Gasteiger partial charge < -0.3 is 15.5 Å². The molecule has 1 unspecified atom stereocenters. The lowest BCUT2D eigenvalue weighted by Gasteiger charge is -2.38. The molecule has 0 saturated carbocycles. The summed E-state index contributed by atoms with van der Waals surface area (Å²) in [6.45, 7) is 8.36. The third-order valence-corrected chi connectivity index (χ3v) is 4.91. The van der Waals surface area contributed by atoms with Crippen LogP contribution in [0.3, 0.4) is 0 Å². The highest BCUT2D eigenvalue weighted by atomic mass is 16.2. The van der Waals surface area contributed by atoms with Gasteiger partial charge in [0.05, 0.1) is 5.54 Å². The predicted octanol–water partition coefficient (Wildman–Crippen LogP) is 1.28. The van der Waals surface area contributed by atoms with Gasteiger partial charge in [-0.05, 0) is 38.6 Å². The Bertz CT molecular complexity index is 381. The Kier molecular flexibility index (Phi) is 5.25. The minimum absolute atomic E-state index is 0.0238. The van der Waals surface area contributed by atoms with Gasteiger partial charge in [0.1, 0.15) is 0 Å². The highest BCUT2D eigenvalue weighted by molar-refractivity contribution is 5.87. The van der Waals surface area contributed by atoms with E-state index in [0.29, 0.717) is 0 Å². The summed E-state index contributed by atoms with van der Waals surface area (Å²) in [5.74, 6) is 0.397. The van der Waals surface area contributed by atoms with Crippen LogP contribution in [0.5, 0.6) is 0 Å². The molecule has 1 atom stereocenters. The second-order valence-corrected chi connectivity index (χ2v) is 6.70. The van der Waals surface area contributed by atoms with Crippen LogP contribution < -0.4 is 10.6 Å². The molecule has 2 saturated heterocycles. The van der Waals surface area contributed by atoms with Crippen LogP contribution in [0.15, 0.2) is 0 Å². The van der Waals surface area contributed by atoms with Crippen molar-refractivity contribution >= 4 is 11.8 Å². The van der Waals surface area contributed by atoms with Crippen LogP contribution in [-0.2, 0) is 9.59 Å². The largest absolute Gasteiger partial charge is 0.353 e. The Labute approximate surface area is 127 Å². The van der Waals surface area contributed by atoms with Crippen molar-refractivity contribution in [3.63, 3.8) is 0 Å². The molecule has 0 aliphatic carbocycles. The fourth-order valence-corrected chi connectivity index (χ4v) is 3.34. The van der Waals surface area contributed by atoms with E-state index in [1.165, 1.54) is 0 Å². The first-order valence-electron chi connectivity index (χ1n) is 8.33. The smallest absolute Gasteiger partial charge is 0.242 e. The standard InChI is InChI=1S/C16H29N3O2/c1-4-16(8-5-9-17-16)15(21)19-10-6-13(7-11-19)18-14(20)12(2)3/h12-13,17H,4-11H2,1-3H3,(H,18,20). The van der Waals surface area contributed by atoms with Crippen molar-refractivity contribution in [2.45, 2.75) is 64.5 Å². The Balaban J connectivity index is 1.86. The molecular formula is C16H29N3O2. The zero-order chi connectivity index (χ0) is 15.5. The first kappa shape index (κ1) is 16.3. The predicted molar refractivity (Wildman–Crippen MR) is 82.8 cm³/mol. The lowest BCUT2D eigenvalue weighted by Crippen LogP contribution is -2.57. The molecule has 2 aliphatic rings. The Morgan fingerprint density at radius 2 is 2.00 bits per heavy atom. The summed E-state index contributed by atoms with van der Waals surface area (Å²) in [7, 11) is 0. The number of rotatable bonds is 4. The Hall–Kier alpha value is -1.10. The molecule has 2 fully saturated rings. The molecule has 2 aliphatic heterocycles. The van der Waals surface area contributed by atoms with E-state index in [2.05, 4.69) is 17.6 Å². The molecule has 0 bridgehead atoms. The molecular weight excluding hydrogens is 266 g/mol. The van der Waals surface area contributed by atoms with Gasteiger partial charge in [0, 0.05) is 25.0 Å². The van der Waals surface area contributed by atoms with Crippen molar-refractivity contribution in [2.75, 3.05) is 19.6 Å². The molecule has 5 nitrogen and oxygen atoms in total. The van der Waals surface area contributed by atoms with Gasteiger partial charge in [0.15, 0.2) is 0 Å². The van der Waals surface area contributed by atoms with E-state index in [9.17, 15) is 9.59 Å². The highest BCUT2D eigenvalue weighted by Gasteiger charge is 2.42. The number of likely N-dealkylation sites (tertiary alicyclic amines) is 1. The molecule has 0 aromatic heterocycles. The van der Waals surface area contributed by atoms with Crippen LogP contribution >= 0.6 is 0 Å². The van der Waals surface area contributed by atoms with E-state index in [0.717, 1.165) is 51.7 Å². The van der Waals surface area contributed by atoms with Crippen LogP contribution in [0.4, 0.5) is 0 Å². The lowest BCUT2D eigenvalue weighted by atomic mass is 9.91. The van der Waals surface area contributed by atoms with Crippen LogP contribution in [-0.4, -0.2) is 47.9 Å². The van der Waals surface area contributed by atoms with Crippen molar-refractivity contribution in [3.05, 3.63) is 0 Å². The van der Waals surface area contributed by atoms with Crippen LogP contribution in [0, 0.1) is 5.92 Å². The SMILES string of the molecule is CCC1(C(=O)N2CCC(NC(=O)C(C)C)CC2)CCCN1. The van der Waals surface area contributed by atoms with Crippen LogP contribution in [0.1, 0.15) is 52.9 Å². The molecule has 0 aromatic carbocycles. The van der Waals surface area contributed by atoms with Gasteiger partial charge in [-0.1, -0.05) is 20.8 Å². The molecule has 2 N–H and O–H groups in total. The number of piperidine rings is 1. The van der Waals surface area contributed by atoms with E-state index in [1.54, 1.807) is 0 Å². The zero-order valence-electron chi connectivity index (χ0n) is 13.6. The van der Waals surface area contributed by atoms with E-state index in [1.807, 2.05) is 18.7 Å². The van der Waals surface area contributed by atoms with Gasteiger partial charge in [-0.2, -0.15) is 0 Å². The highest BCUT2D eigenvalue weighted by Crippen LogP contribution is 2.27. The van der Waals surface area contributed by atoms with E-state index in [4.69, 9.17) is 0 Å². The summed E-state index contributed by atoms with van der Waals surface area (Å²) in [4.78, 5) is 26.5. The second-order valence-electron chi connectivity index (χ2n) is 6.70. The summed E-state index contributed by atoms with van der Waals surface area (Å²) >= 11 is 0. The molecule has 0 spiro atoms. The second kappa shape index (κ2) is 6.77. The molecule has 5 heteroatoms. The topological polar surface area (TPSA) is 61.4 Å². The number of hydrogen-bond acceptors (Lipinski definition) is 3. The third kappa shape index (κ3) is 3.57. The maximum atomic E-state index is 12.8. The van der Waals surface area contributed by atoms with Gasteiger partial charge in [0.2, 0.25) is 11.8 Å². The summed E-state index contributed by atoms with van der Waals surface area (Å²) < 4.78 is 0. The van der Waals surface area contributed by atoms with Crippen molar-refractivity contribution in [1.29, 1.82) is 0 Å². The van der Waals surface area contributed by atoms with Crippen molar-refractivity contribution in [1.82, 2.24) is 15.5 Å². The molecule has 2 amide bonds. The molecule has 2 rings (SSSR count). The number of carbonyl (C=O) groups excluding carboxylic acids is 2. The maximum Gasteiger partial charge on any atom is 0.242 e. The van der Waals surface area contributed by atoms with Gasteiger partial charge in [0.25, 0.3) is 0 Å². The van der Waals surface area contributed by atoms with E-state index in [-0.39, 0.29) is 29.3 Å². The zero-order valence-corrected chi connectivity index (χ0v) is 13.6. The summed E-state index contributed by atoms with van der Waals surface area (Å²) in [5, 5.41) is 6.49. The third-order valence-electron chi connectivity index (χ3n) is 4.91. The molecule has 0 radical (unpaired) electrons. The Morgan fingerprint density at radius 3 is 2.48 bits per heavy atom. The summed E-state index contributed by atoms with van der Waals surface area (Å²) in [5.41, 5.74) is -0.325. The molecule has 0 aromatic rings. The van der Waals surface area contributed by atoms with Gasteiger partial charge in [-0.3, -0.25) is 9.59 Å². The normalized spacial score (nSPS) is 27.1. The van der Waals surface area contributed by atoms with Crippen LogP contribution in [0.2, 0.25) is 0 Å². The summed E-state index contributed by atoms with van der Waals surface area (Å²) in [6, 6.07) is 0.220. The number of carbonyl (C=O) groups is 2. The van der Waals surface area contributed by atoms with Crippen molar-refractivity contribution in [2.24, 2.45) is 5.92 Å². The fraction of sp³-hybridized carbons (Fsp3) is 0.875. The molecule has 21 heavy (non-hydrogen) atoms. The molecule has 2 heterocycles. The van der Waals surface area contributed by atoms with Crippen molar-refractivity contribution < 1.29 is 9.59 Å². The quantitative estimate of drug-likeness (QED) is 0.821. The number of nitrogens with zero attached hydrogens (tertiary/aromatic N) is 1. The summed E-state index contributed by atoms with van der Waals surface area (Å²) in [6.07, 6.45) is 4.62. The van der Waals surface area contributed by atoms with Gasteiger partial charge in [-0.25, -0.2) is 0 Å². The first-order valence-corrected chi connectivity index (χ1v) is 8.33. The number of hydrogen-bond donors (Lipinski definition) is 2. The fourth-order valence-electron chi connectivity index (χ4n) is 3.34. The minimum atomic E-state index is -0.325. The van der Waals surface area contributed by atoms with E-state index < -0.39 is 0 Å². The Morgan fingerprint density at radius 1 is 1.33 bits per heavy atom. The molecule has 120 valence electrons. The maximum absolute atomic E-state index is 12.8. The monoisotopic (exact) mass is 295 g/mol. The van der Waals surface area contributed by atoms with Crippen LogP contribution in [0.25, 0.3) is 0 Å². The minimum Gasteiger partial charge on any atom is -0.353 e. The number of nitrogens with one attached hydrogen (secondary N) is 2. The first-order chi connectivity index (χ1) is 9.98. The van der Waals surface area contributed by atoms with Crippen molar-refractivity contribution in [3.8, 4) is 0 Å². The number of amides is 2. The van der Waals surface area contributed by atoms with E-state index >= 15 is 0 Å².